The van der Waals surface area contributed by atoms with Crippen LogP contribution < -0.4 is 29.7 Å². The molecule has 0 spiro atoms. The first-order valence-corrected chi connectivity index (χ1v) is 17.0. The summed E-state index contributed by atoms with van der Waals surface area (Å²) in [7, 11) is -0.499. The lowest BCUT2D eigenvalue weighted by Crippen LogP contribution is -2.52. The molecule has 50 heavy (non-hydrogen) atoms. The van der Waals surface area contributed by atoms with Crippen LogP contribution in [0.25, 0.3) is 0 Å². The number of aromatic nitrogens is 1. The molecule has 2 aromatic rings. The zero-order valence-electron chi connectivity index (χ0n) is 28.8. The van der Waals surface area contributed by atoms with Gasteiger partial charge in [0.25, 0.3) is 11.8 Å². The van der Waals surface area contributed by atoms with E-state index in [0.717, 1.165) is 11.0 Å². The van der Waals surface area contributed by atoms with Crippen LogP contribution in [0.3, 0.4) is 0 Å². The van der Waals surface area contributed by atoms with Gasteiger partial charge in [0.15, 0.2) is 22.8 Å². The number of ether oxygens (including phenoxy) is 3. The number of amides is 3. The molecule has 4 N–H and O–H groups in total. The molecule has 1 fully saturated rings. The number of pyridine rings is 1. The van der Waals surface area contributed by atoms with Gasteiger partial charge in [0.05, 0.1) is 52.9 Å². The predicted molar refractivity (Wildman–Crippen MR) is 179 cm³/mol. The maximum Gasteiger partial charge on any atom is 0.424 e. The number of carbonyl (C=O) groups excluding carboxylic acids is 3. The lowest BCUT2D eigenvalue weighted by molar-refractivity contribution is -0.265. The Morgan fingerprint density at radius 3 is 2.36 bits per heavy atom. The normalized spacial score (nSPS) is 21.2. The second kappa shape index (κ2) is 13.8. The number of nitrogens with one attached hydrogen (secondary N) is 3. The van der Waals surface area contributed by atoms with Crippen LogP contribution in [0.5, 0.6) is 11.5 Å². The summed E-state index contributed by atoms with van der Waals surface area (Å²) in [6.07, 6.45) is -6.65. The zero-order valence-corrected chi connectivity index (χ0v) is 30.4. The van der Waals surface area contributed by atoms with Crippen LogP contribution in [-0.4, -0.2) is 81.6 Å². The first kappa shape index (κ1) is 39.1. The Morgan fingerprint density at radius 2 is 1.82 bits per heavy atom. The van der Waals surface area contributed by atoms with Crippen LogP contribution in [0.4, 0.5) is 23.7 Å². The SMILES string of the molecule is COc1cc(C(=O)NC[C@@](O)(c2cc3c(c(Cl)n2)N(C(=O)OC(C)(C)C)C[C@@]3(C)NS(=O)C(C)(C)C)C(F)(F)F)ccc1O[C@H]1CCNC1=O. The van der Waals surface area contributed by atoms with E-state index < -0.39 is 74.1 Å². The fourth-order valence-corrected chi connectivity index (χ4v) is 6.37. The van der Waals surface area contributed by atoms with Crippen molar-refractivity contribution in [2.75, 3.05) is 31.6 Å². The molecule has 1 aromatic carbocycles. The average molecular weight is 748 g/mol. The fraction of sp³-hybridized carbons (Fsp3) is 0.562. The molecule has 1 unspecified atom stereocenters. The van der Waals surface area contributed by atoms with E-state index in [1.165, 1.54) is 32.2 Å². The smallest absolute Gasteiger partial charge is 0.424 e. The van der Waals surface area contributed by atoms with Gasteiger partial charge in [-0.05, 0) is 72.7 Å². The van der Waals surface area contributed by atoms with Crippen molar-refractivity contribution in [1.82, 2.24) is 20.3 Å². The van der Waals surface area contributed by atoms with Gasteiger partial charge >= 0.3 is 12.3 Å². The Morgan fingerprint density at radius 1 is 1.16 bits per heavy atom. The third-order valence-electron chi connectivity index (χ3n) is 7.87. The van der Waals surface area contributed by atoms with Gasteiger partial charge in [-0.2, -0.15) is 13.2 Å². The van der Waals surface area contributed by atoms with E-state index in [4.69, 9.17) is 25.8 Å². The molecule has 4 atom stereocenters. The molecule has 1 aromatic heterocycles. The highest BCUT2D eigenvalue weighted by Crippen LogP contribution is 2.47. The Labute approximate surface area is 295 Å². The third-order valence-corrected chi connectivity index (χ3v) is 9.88. The van der Waals surface area contributed by atoms with Crippen molar-refractivity contribution in [2.24, 2.45) is 0 Å². The van der Waals surface area contributed by atoms with Crippen molar-refractivity contribution in [3.63, 3.8) is 0 Å². The summed E-state index contributed by atoms with van der Waals surface area (Å²) in [6, 6.07) is 4.73. The number of methoxy groups -OCH3 is 1. The Bertz CT molecular complexity index is 1700. The van der Waals surface area contributed by atoms with Crippen molar-refractivity contribution < 1.29 is 51.1 Å². The quantitative estimate of drug-likeness (QED) is 0.275. The minimum atomic E-state index is -5.40. The third kappa shape index (κ3) is 8.11. The van der Waals surface area contributed by atoms with Gasteiger partial charge in [-0.1, -0.05) is 11.6 Å². The summed E-state index contributed by atoms with van der Waals surface area (Å²) >= 11 is 6.49. The highest BCUT2D eigenvalue weighted by molar-refractivity contribution is 7.84. The second-order valence-electron chi connectivity index (χ2n) is 14.2. The predicted octanol–water partition coefficient (Wildman–Crippen LogP) is 4.21. The largest absolute Gasteiger partial charge is 0.493 e. The standard InChI is InChI=1S/C32H41ClF3N5O8S/c1-28(2,3)49-27(44)41-16-30(7,40-50(46)29(4,5)6)18-14-22(39-24(33)23(18)41)31(45,32(34,35)36)15-38-25(42)17-9-10-19(21(13-17)47-8)48-20-11-12-37-26(20)43/h9-10,13-14,20,40,45H,11-12,15-16H2,1-8H3,(H,37,43)(H,38,42)/t20-,30+,31+,50?/m0/s1. The van der Waals surface area contributed by atoms with Gasteiger partial charge in [-0.25, -0.2) is 18.7 Å². The summed E-state index contributed by atoms with van der Waals surface area (Å²) in [4.78, 5) is 43.3. The van der Waals surface area contributed by atoms with Crippen LogP contribution in [-0.2, 0) is 31.7 Å². The molecular weight excluding hydrogens is 707 g/mol. The number of hydrogen-bond donors (Lipinski definition) is 4. The molecule has 276 valence electrons. The molecule has 0 radical (unpaired) electrons. The molecule has 3 heterocycles. The number of halogens is 4. The van der Waals surface area contributed by atoms with Gasteiger partial charge in [0.1, 0.15) is 5.60 Å². The van der Waals surface area contributed by atoms with Gasteiger partial charge in [-0.3, -0.25) is 14.5 Å². The summed E-state index contributed by atoms with van der Waals surface area (Å²) in [6.45, 7) is 10.2. The summed E-state index contributed by atoms with van der Waals surface area (Å²) in [5.74, 6) is -1.15. The minimum Gasteiger partial charge on any atom is -0.493 e. The maximum atomic E-state index is 14.8. The number of fused-ring (bicyclic) bond motifs is 1. The molecular formula is C32H41ClF3N5O8S. The molecule has 4 rings (SSSR count). The van der Waals surface area contributed by atoms with Gasteiger partial charge in [0.2, 0.25) is 5.60 Å². The number of rotatable bonds is 9. The number of carbonyl (C=O) groups is 3. The number of anilines is 1. The van der Waals surface area contributed by atoms with Crippen molar-refractivity contribution in [2.45, 2.75) is 88.7 Å². The average Bonchev–Trinajstić information content (AvgIpc) is 3.53. The second-order valence-corrected chi connectivity index (χ2v) is 16.5. The van der Waals surface area contributed by atoms with Gasteiger partial charge < -0.3 is 30.0 Å². The van der Waals surface area contributed by atoms with Gasteiger partial charge in [0, 0.05) is 24.1 Å². The van der Waals surface area contributed by atoms with Crippen LogP contribution in [0, 0.1) is 0 Å². The Balaban J connectivity index is 1.70. The number of alkyl halides is 3. The number of benzene rings is 1. The van der Waals surface area contributed by atoms with Crippen LogP contribution in [0.1, 0.15) is 76.5 Å². The van der Waals surface area contributed by atoms with E-state index in [0.29, 0.717) is 13.0 Å². The molecule has 1 saturated heterocycles. The molecule has 0 saturated carbocycles. The lowest BCUT2D eigenvalue weighted by Gasteiger charge is -2.33. The maximum absolute atomic E-state index is 14.8. The highest BCUT2D eigenvalue weighted by Gasteiger charge is 2.58. The molecule has 3 amide bonds. The zero-order chi connectivity index (χ0) is 37.6. The van der Waals surface area contributed by atoms with E-state index in [1.54, 1.807) is 41.5 Å². The minimum absolute atomic E-state index is 0.0127. The Kier molecular flexibility index (Phi) is 10.8. The first-order valence-electron chi connectivity index (χ1n) is 15.5. The van der Waals surface area contributed by atoms with Crippen molar-refractivity contribution in [1.29, 1.82) is 0 Å². The molecule has 13 nitrogen and oxygen atoms in total. The number of aliphatic hydroxyl groups is 1. The Hall–Kier alpha value is -3.67. The number of nitrogens with zero attached hydrogens (tertiary/aromatic N) is 2. The lowest BCUT2D eigenvalue weighted by atomic mass is 9.91. The summed E-state index contributed by atoms with van der Waals surface area (Å²) in [5.41, 5.74) is -7.41. The van der Waals surface area contributed by atoms with Crippen molar-refractivity contribution >= 4 is 46.2 Å². The molecule has 0 bridgehead atoms. The topological polar surface area (TPSA) is 168 Å². The summed E-state index contributed by atoms with van der Waals surface area (Å²) in [5, 5.41) is 15.4. The van der Waals surface area contributed by atoms with E-state index in [2.05, 4.69) is 20.3 Å². The fourth-order valence-electron chi connectivity index (χ4n) is 5.18. The van der Waals surface area contributed by atoms with E-state index in [9.17, 15) is 36.9 Å². The highest BCUT2D eigenvalue weighted by atomic mass is 35.5. The van der Waals surface area contributed by atoms with Crippen molar-refractivity contribution in [3.8, 4) is 11.5 Å². The van der Waals surface area contributed by atoms with Crippen molar-refractivity contribution in [3.05, 3.63) is 46.2 Å². The first-order chi connectivity index (χ1) is 22.9. The molecule has 2 aliphatic heterocycles. The molecule has 18 heteroatoms. The van der Waals surface area contributed by atoms with E-state index in [1.807, 2.05) is 0 Å². The number of hydrogen-bond acceptors (Lipinski definition) is 9. The van der Waals surface area contributed by atoms with Gasteiger partial charge in [-0.15, -0.1) is 0 Å². The van der Waals surface area contributed by atoms with Crippen LogP contribution in [0.2, 0.25) is 5.15 Å². The summed E-state index contributed by atoms with van der Waals surface area (Å²) < 4.78 is 76.1. The van der Waals surface area contributed by atoms with Crippen LogP contribution >= 0.6 is 11.6 Å². The van der Waals surface area contributed by atoms with E-state index in [-0.39, 0.29) is 40.8 Å². The molecule has 2 aliphatic rings. The molecule has 0 aliphatic carbocycles. The van der Waals surface area contributed by atoms with E-state index >= 15 is 0 Å². The van der Waals surface area contributed by atoms with Crippen LogP contribution in [0.15, 0.2) is 24.3 Å². The monoisotopic (exact) mass is 747 g/mol.